The Bertz CT molecular complexity index is 491. The minimum atomic E-state index is -1.14. The molecule has 102 valence electrons. The molecule has 4 heteroatoms. The molecular formula is C15H17F2NO. The molecule has 0 heterocycles. The summed E-state index contributed by atoms with van der Waals surface area (Å²) in [6.07, 6.45) is 1.84. The molecule has 1 aliphatic carbocycles. The molecule has 3 atom stereocenters. The lowest BCUT2D eigenvalue weighted by Gasteiger charge is -2.27. The summed E-state index contributed by atoms with van der Waals surface area (Å²) in [5.74, 6) is -1.06. The lowest BCUT2D eigenvalue weighted by Crippen LogP contribution is -2.25. The molecule has 1 fully saturated rings. The fraction of sp³-hybridized carbons (Fsp3) is 0.533. The van der Waals surface area contributed by atoms with Gasteiger partial charge in [-0.1, -0.05) is 13.3 Å². The van der Waals surface area contributed by atoms with Gasteiger partial charge in [-0.2, -0.15) is 5.26 Å². The monoisotopic (exact) mass is 265 g/mol. The first-order valence-corrected chi connectivity index (χ1v) is 6.56. The smallest absolute Gasteiger partial charge is 0.126 e. The lowest BCUT2D eigenvalue weighted by molar-refractivity contribution is 0.0635. The Hall–Kier alpha value is -1.47. The fourth-order valence-corrected chi connectivity index (χ4v) is 2.99. The van der Waals surface area contributed by atoms with Crippen molar-refractivity contribution in [1.82, 2.24) is 0 Å². The molecular weight excluding hydrogens is 248 g/mol. The number of hydrogen-bond acceptors (Lipinski definition) is 2. The normalized spacial score (nSPS) is 28.1. The van der Waals surface area contributed by atoms with E-state index in [0.29, 0.717) is 18.8 Å². The maximum absolute atomic E-state index is 13.2. The topological polar surface area (TPSA) is 44.0 Å². The van der Waals surface area contributed by atoms with Crippen molar-refractivity contribution in [3.8, 4) is 6.07 Å². The summed E-state index contributed by atoms with van der Waals surface area (Å²) in [7, 11) is 0. The Morgan fingerprint density at radius 3 is 2.53 bits per heavy atom. The van der Waals surface area contributed by atoms with Crippen LogP contribution in [-0.4, -0.2) is 5.11 Å². The van der Waals surface area contributed by atoms with Crippen molar-refractivity contribution in [3.63, 3.8) is 0 Å². The summed E-state index contributed by atoms with van der Waals surface area (Å²) in [6.45, 7) is 2.05. The molecule has 2 rings (SSSR count). The zero-order chi connectivity index (χ0) is 14.0. The predicted octanol–water partition coefficient (Wildman–Crippen LogP) is 3.72. The third-order valence-corrected chi connectivity index (χ3v) is 4.18. The first-order valence-electron chi connectivity index (χ1n) is 6.56. The highest BCUT2D eigenvalue weighted by Gasteiger charge is 2.45. The van der Waals surface area contributed by atoms with E-state index in [0.717, 1.165) is 31.0 Å². The average molecular weight is 265 g/mol. The van der Waals surface area contributed by atoms with E-state index in [9.17, 15) is 19.1 Å². The zero-order valence-electron chi connectivity index (χ0n) is 10.9. The molecule has 0 amide bonds. The van der Waals surface area contributed by atoms with Crippen molar-refractivity contribution >= 4 is 0 Å². The van der Waals surface area contributed by atoms with Gasteiger partial charge in [-0.15, -0.1) is 0 Å². The summed E-state index contributed by atoms with van der Waals surface area (Å²) in [6, 6.07) is 5.15. The fourth-order valence-electron chi connectivity index (χ4n) is 2.99. The lowest BCUT2D eigenvalue weighted by atomic mass is 9.78. The minimum Gasteiger partial charge on any atom is -0.387 e. The summed E-state index contributed by atoms with van der Waals surface area (Å²) in [5, 5.41) is 19.8. The maximum Gasteiger partial charge on any atom is 0.126 e. The van der Waals surface area contributed by atoms with Crippen molar-refractivity contribution < 1.29 is 13.9 Å². The van der Waals surface area contributed by atoms with E-state index in [1.54, 1.807) is 0 Å². The van der Waals surface area contributed by atoms with Gasteiger partial charge in [0, 0.05) is 6.07 Å². The largest absolute Gasteiger partial charge is 0.387 e. The Kier molecular flexibility index (Phi) is 3.86. The van der Waals surface area contributed by atoms with Crippen LogP contribution < -0.4 is 0 Å². The zero-order valence-corrected chi connectivity index (χ0v) is 10.9. The highest BCUT2D eigenvalue weighted by atomic mass is 19.1. The van der Waals surface area contributed by atoms with Crippen molar-refractivity contribution in [2.24, 2.45) is 11.3 Å². The van der Waals surface area contributed by atoms with Crippen molar-refractivity contribution in [1.29, 1.82) is 5.26 Å². The molecule has 1 saturated carbocycles. The van der Waals surface area contributed by atoms with Crippen LogP contribution in [0.15, 0.2) is 18.2 Å². The molecule has 3 unspecified atom stereocenters. The molecule has 2 nitrogen and oxygen atoms in total. The Morgan fingerprint density at radius 2 is 2.05 bits per heavy atom. The Balaban J connectivity index is 2.31. The second-order valence-electron chi connectivity index (χ2n) is 5.39. The van der Waals surface area contributed by atoms with Crippen molar-refractivity contribution in [3.05, 3.63) is 35.4 Å². The van der Waals surface area contributed by atoms with E-state index < -0.39 is 23.2 Å². The maximum atomic E-state index is 13.2. The molecule has 0 saturated heterocycles. The summed E-state index contributed by atoms with van der Waals surface area (Å²) >= 11 is 0. The van der Waals surface area contributed by atoms with E-state index in [4.69, 9.17) is 0 Å². The van der Waals surface area contributed by atoms with Crippen molar-refractivity contribution in [2.45, 2.75) is 38.7 Å². The Labute approximate surface area is 111 Å². The molecule has 0 bridgehead atoms. The quantitative estimate of drug-likeness (QED) is 0.905. The van der Waals surface area contributed by atoms with Gasteiger partial charge in [0.25, 0.3) is 0 Å². The molecule has 0 spiro atoms. The highest BCUT2D eigenvalue weighted by molar-refractivity contribution is 5.25. The van der Waals surface area contributed by atoms with Crippen LogP contribution in [0.5, 0.6) is 0 Å². The van der Waals surface area contributed by atoms with Crippen LogP contribution in [0.25, 0.3) is 0 Å². The Morgan fingerprint density at radius 1 is 1.42 bits per heavy atom. The number of nitrogens with zero attached hydrogens (tertiary/aromatic N) is 1. The highest BCUT2D eigenvalue weighted by Crippen LogP contribution is 2.50. The average Bonchev–Trinajstić information content (AvgIpc) is 2.81. The third kappa shape index (κ3) is 2.62. The van der Waals surface area contributed by atoms with Crippen LogP contribution in [0.3, 0.4) is 0 Å². The van der Waals surface area contributed by atoms with Gasteiger partial charge >= 0.3 is 0 Å². The molecule has 0 aromatic heterocycles. The minimum absolute atomic E-state index is 0.149. The van der Waals surface area contributed by atoms with Crippen LogP contribution in [-0.2, 0) is 0 Å². The first kappa shape index (κ1) is 14.0. The molecule has 1 aromatic rings. The number of aliphatic hydroxyl groups excluding tert-OH is 1. The standard InChI is InChI=1S/C15H17F2NO/c1-2-10-3-4-15(8-10,9-18)14(19)11-5-12(16)7-13(17)6-11/h5-7,10,14,19H,2-4,8H2,1H3. The van der Waals surface area contributed by atoms with E-state index in [2.05, 4.69) is 6.07 Å². The van der Waals surface area contributed by atoms with E-state index in [-0.39, 0.29) is 5.56 Å². The number of benzene rings is 1. The number of nitriles is 1. The summed E-state index contributed by atoms with van der Waals surface area (Å²) < 4.78 is 26.4. The first-order chi connectivity index (χ1) is 9.00. The van der Waals surface area contributed by atoms with Crippen LogP contribution in [0.2, 0.25) is 0 Å². The number of rotatable bonds is 3. The van der Waals surface area contributed by atoms with Gasteiger partial charge in [0.1, 0.15) is 11.6 Å². The molecule has 1 aliphatic rings. The van der Waals surface area contributed by atoms with E-state index in [1.807, 2.05) is 6.92 Å². The molecule has 19 heavy (non-hydrogen) atoms. The van der Waals surface area contributed by atoms with E-state index >= 15 is 0 Å². The third-order valence-electron chi connectivity index (χ3n) is 4.18. The second kappa shape index (κ2) is 5.26. The van der Waals surface area contributed by atoms with Gasteiger partial charge in [0.15, 0.2) is 0 Å². The summed E-state index contributed by atoms with van der Waals surface area (Å²) in [4.78, 5) is 0. The van der Waals surface area contributed by atoms with Gasteiger partial charge in [0.05, 0.1) is 17.6 Å². The van der Waals surface area contributed by atoms with Crippen LogP contribution in [0, 0.1) is 34.3 Å². The van der Waals surface area contributed by atoms with Crippen LogP contribution in [0.1, 0.15) is 44.3 Å². The number of aliphatic hydroxyl groups is 1. The van der Waals surface area contributed by atoms with Gasteiger partial charge in [-0.05, 0) is 42.9 Å². The van der Waals surface area contributed by atoms with Gasteiger partial charge in [-0.3, -0.25) is 0 Å². The van der Waals surface area contributed by atoms with Gasteiger partial charge in [0.2, 0.25) is 0 Å². The van der Waals surface area contributed by atoms with Crippen LogP contribution in [0.4, 0.5) is 8.78 Å². The predicted molar refractivity (Wildman–Crippen MR) is 67.0 cm³/mol. The van der Waals surface area contributed by atoms with Crippen LogP contribution >= 0.6 is 0 Å². The summed E-state index contributed by atoms with van der Waals surface area (Å²) in [5.41, 5.74) is -0.767. The second-order valence-corrected chi connectivity index (χ2v) is 5.39. The van der Waals surface area contributed by atoms with E-state index in [1.165, 1.54) is 0 Å². The molecule has 0 aliphatic heterocycles. The molecule has 1 N–H and O–H groups in total. The van der Waals surface area contributed by atoms with Crippen molar-refractivity contribution in [2.75, 3.05) is 0 Å². The van der Waals surface area contributed by atoms with Gasteiger partial charge < -0.3 is 5.11 Å². The van der Waals surface area contributed by atoms with Gasteiger partial charge in [-0.25, -0.2) is 8.78 Å². The SMILES string of the molecule is CCC1CCC(C#N)(C(O)c2cc(F)cc(F)c2)C1. The number of halogens is 2. The number of hydrogen-bond donors (Lipinski definition) is 1. The molecule has 1 aromatic carbocycles. The molecule has 0 radical (unpaired) electrons.